The van der Waals surface area contributed by atoms with Gasteiger partial charge in [-0.25, -0.2) is 0 Å². The molecule has 90 valence electrons. The van der Waals surface area contributed by atoms with E-state index in [2.05, 4.69) is 24.1 Å². The monoisotopic (exact) mass is 220 g/mol. The summed E-state index contributed by atoms with van der Waals surface area (Å²) in [6.07, 6.45) is 14.5. The van der Waals surface area contributed by atoms with Crippen LogP contribution >= 0.6 is 0 Å². The first-order valence-corrected chi connectivity index (χ1v) is 6.49. The second-order valence-electron chi connectivity index (χ2n) is 4.36. The molecule has 0 saturated carbocycles. The fourth-order valence-corrected chi connectivity index (χ4v) is 1.88. The first kappa shape index (κ1) is 13.0. The van der Waals surface area contributed by atoms with Gasteiger partial charge in [-0.05, 0) is 43.5 Å². The molecule has 0 spiro atoms. The summed E-state index contributed by atoms with van der Waals surface area (Å²) in [6.45, 7) is 3.19. The Kier molecular flexibility index (Phi) is 6.62. The molecule has 2 heteroatoms. The average molecular weight is 220 g/mol. The molecule has 1 aliphatic rings. The summed E-state index contributed by atoms with van der Waals surface area (Å²) < 4.78 is 0. The molecule has 0 amide bonds. The lowest BCUT2D eigenvalue weighted by Gasteiger charge is -2.07. The van der Waals surface area contributed by atoms with Crippen molar-refractivity contribution < 1.29 is 0 Å². The highest BCUT2D eigenvalue weighted by atomic mass is 14.7. The van der Waals surface area contributed by atoms with E-state index in [0.29, 0.717) is 0 Å². The third kappa shape index (κ3) is 5.15. The molecule has 0 fully saturated rings. The van der Waals surface area contributed by atoms with Crippen LogP contribution in [0.4, 0.5) is 0 Å². The van der Waals surface area contributed by atoms with Crippen molar-refractivity contribution in [3.63, 3.8) is 0 Å². The maximum Gasteiger partial charge on any atom is 0.0395 e. The van der Waals surface area contributed by atoms with E-state index in [1.807, 2.05) is 0 Å². The maximum absolute atomic E-state index is 5.56. The van der Waals surface area contributed by atoms with E-state index < -0.39 is 0 Å². The zero-order chi connectivity index (χ0) is 11.6. The summed E-state index contributed by atoms with van der Waals surface area (Å²) in [5.74, 6) is 0. The van der Waals surface area contributed by atoms with Crippen molar-refractivity contribution >= 4 is 5.71 Å². The van der Waals surface area contributed by atoms with E-state index in [9.17, 15) is 0 Å². The Morgan fingerprint density at radius 2 is 2.19 bits per heavy atom. The number of hydrogen-bond acceptors (Lipinski definition) is 2. The first-order chi connectivity index (χ1) is 7.86. The summed E-state index contributed by atoms with van der Waals surface area (Å²) in [5.41, 5.74) is 8.04. The SMILES string of the molecule is CCCCCCC1=NCCCC(=C\N)/C=C\1. The van der Waals surface area contributed by atoms with Gasteiger partial charge < -0.3 is 5.73 Å². The van der Waals surface area contributed by atoms with Gasteiger partial charge in [0, 0.05) is 12.3 Å². The fourth-order valence-electron chi connectivity index (χ4n) is 1.88. The Labute approximate surface area is 99.3 Å². The Morgan fingerprint density at radius 3 is 2.94 bits per heavy atom. The molecule has 1 aliphatic heterocycles. The van der Waals surface area contributed by atoms with Crippen LogP contribution in [0.5, 0.6) is 0 Å². The minimum atomic E-state index is 0.949. The molecule has 0 saturated heterocycles. The molecule has 1 heterocycles. The lowest BCUT2D eigenvalue weighted by atomic mass is 10.1. The van der Waals surface area contributed by atoms with Gasteiger partial charge in [0.2, 0.25) is 0 Å². The highest BCUT2D eigenvalue weighted by molar-refractivity contribution is 5.95. The van der Waals surface area contributed by atoms with Crippen LogP contribution < -0.4 is 5.73 Å². The topological polar surface area (TPSA) is 38.4 Å². The summed E-state index contributed by atoms with van der Waals surface area (Å²) >= 11 is 0. The third-order valence-corrected chi connectivity index (χ3v) is 2.93. The molecule has 0 aromatic heterocycles. The number of unbranched alkanes of at least 4 members (excludes halogenated alkanes) is 3. The van der Waals surface area contributed by atoms with Gasteiger partial charge in [-0.2, -0.15) is 0 Å². The second-order valence-corrected chi connectivity index (χ2v) is 4.36. The largest absolute Gasteiger partial charge is 0.404 e. The van der Waals surface area contributed by atoms with Crippen molar-refractivity contribution in [3.8, 4) is 0 Å². The summed E-state index contributed by atoms with van der Waals surface area (Å²) in [6, 6.07) is 0. The molecule has 0 aliphatic carbocycles. The molecule has 0 aromatic carbocycles. The van der Waals surface area contributed by atoms with Gasteiger partial charge in [-0.3, -0.25) is 4.99 Å². The molecule has 2 N–H and O–H groups in total. The van der Waals surface area contributed by atoms with Crippen LogP contribution in [0.25, 0.3) is 0 Å². The van der Waals surface area contributed by atoms with Crippen molar-refractivity contribution in [1.29, 1.82) is 0 Å². The fraction of sp³-hybridized carbons (Fsp3) is 0.643. The van der Waals surface area contributed by atoms with Gasteiger partial charge in [0.25, 0.3) is 0 Å². The molecule has 0 radical (unpaired) electrons. The minimum absolute atomic E-state index is 0.949. The number of rotatable bonds is 5. The highest BCUT2D eigenvalue weighted by Crippen LogP contribution is 2.11. The predicted molar refractivity (Wildman–Crippen MR) is 71.7 cm³/mol. The molecule has 1 rings (SSSR count). The minimum Gasteiger partial charge on any atom is -0.404 e. The smallest absolute Gasteiger partial charge is 0.0395 e. The van der Waals surface area contributed by atoms with Gasteiger partial charge in [-0.15, -0.1) is 0 Å². The van der Waals surface area contributed by atoms with E-state index in [4.69, 9.17) is 5.73 Å². The Hall–Kier alpha value is -1.05. The molecular weight excluding hydrogens is 196 g/mol. The van der Waals surface area contributed by atoms with Crippen molar-refractivity contribution in [2.45, 2.75) is 51.9 Å². The number of nitrogens with zero attached hydrogens (tertiary/aromatic N) is 1. The van der Waals surface area contributed by atoms with Crippen molar-refractivity contribution in [3.05, 3.63) is 23.9 Å². The van der Waals surface area contributed by atoms with E-state index in [-0.39, 0.29) is 0 Å². The quantitative estimate of drug-likeness (QED) is 0.706. The third-order valence-electron chi connectivity index (χ3n) is 2.93. The second kappa shape index (κ2) is 8.14. The molecule has 0 bridgehead atoms. The van der Waals surface area contributed by atoms with E-state index >= 15 is 0 Å². The Morgan fingerprint density at radius 1 is 1.31 bits per heavy atom. The van der Waals surface area contributed by atoms with Crippen LogP contribution in [0.2, 0.25) is 0 Å². The average Bonchev–Trinajstić information content (AvgIpc) is 2.27. The van der Waals surface area contributed by atoms with Gasteiger partial charge in [0.05, 0.1) is 0 Å². The molecule has 0 aromatic rings. The van der Waals surface area contributed by atoms with Gasteiger partial charge in [0.15, 0.2) is 0 Å². The molecule has 0 unspecified atom stereocenters. The summed E-state index contributed by atoms with van der Waals surface area (Å²) in [7, 11) is 0. The van der Waals surface area contributed by atoms with E-state index in [0.717, 1.165) is 25.8 Å². The normalized spacial score (nSPS) is 21.3. The van der Waals surface area contributed by atoms with Gasteiger partial charge in [0.1, 0.15) is 0 Å². The number of aliphatic imine (C=N–C) groups is 1. The zero-order valence-electron chi connectivity index (χ0n) is 10.4. The van der Waals surface area contributed by atoms with Crippen LogP contribution in [0.3, 0.4) is 0 Å². The zero-order valence-corrected chi connectivity index (χ0v) is 10.4. The van der Waals surface area contributed by atoms with Crippen molar-refractivity contribution in [2.24, 2.45) is 10.7 Å². The maximum atomic E-state index is 5.56. The lowest BCUT2D eigenvalue weighted by molar-refractivity contribution is 0.682. The number of hydrogen-bond donors (Lipinski definition) is 1. The number of allylic oxidation sites excluding steroid dienone is 3. The van der Waals surface area contributed by atoms with Crippen LogP contribution in [0.1, 0.15) is 51.9 Å². The van der Waals surface area contributed by atoms with Crippen LogP contribution in [0.15, 0.2) is 28.9 Å². The van der Waals surface area contributed by atoms with Crippen LogP contribution in [0, 0.1) is 0 Å². The molecule has 2 nitrogen and oxygen atoms in total. The Bertz CT molecular complexity index is 274. The summed E-state index contributed by atoms with van der Waals surface area (Å²) in [4.78, 5) is 4.61. The van der Waals surface area contributed by atoms with Crippen LogP contribution in [-0.2, 0) is 0 Å². The van der Waals surface area contributed by atoms with Crippen molar-refractivity contribution in [2.75, 3.05) is 6.54 Å². The van der Waals surface area contributed by atoms with Crippen LogP contribution in [-0.4, -0.2) is 12.3 Å². The van der Waals surface area contributed by atoms with Gasteiger partial charge >= 0.3 is 0 Å². The first-order valence-electron chi connectivity index (χ1n) is 6.49. The van der Waals surface area contributed by atoms with Crippen molar-refractivity contribution in [1.82, 2.24) is 0 Å². The number of nitrogens with two attached hydrogens (primary N) is 1. The molecule has 0 atom stereocenters. The van der Waals surface area contributed by atoms with Gasteiger partial charge in [-0.1, -0.05) is 32.3 Å². The highest BCUT2D eigenvalue weighted by Gasteiger charge is 2.00. The lowest BCUT2D eigenvalue weighted by Crippen LogP contribution is -2.00. The summed E-state index contributed by atoms with van der Waals surface area (Å²) in [5, 5.41) is 0. The predicted octanol–water partition coefficient (Wildman–Crippen LogP) is 3.59. The standard InChI is InChI=1S/C14H24N2/c1-2-3-4-5-8-14-10-9-13(12-15)7-6-11-16-14/h9-10,12H,2-8,11,15H2,1H3/b10-9-,13-12+,16-14?. The molecule has 16 heavy (non-hydrogen) atoms. The Balaban J connectivity index is 2.39. The van der Waals surface area contributed by atoms with E-state index in [1.54, 1.807) is 6.20 Å². The van der Waals surface area contributed by atoms with E-state index in [1.165, 1.54) is 37.0 Å². The molecular formula is C14H24N2.